The van der Waals surface area contributed by atoms with E-state index in [4.69, 9.17) is 23.3 Å². The van der Waals surface area contributed by atoms with E-state index in [0.29, 0.717) is 12.0 Å². The van der Waals surface area contributed by atoms with Crippen molar-refractivity contribution in [2.24, 2.45) is 0 Å². The molecule has 3 unspecified atom stereocenters. The lowest BCUT2D eigenvalue weighted by Gasteiger charge is -2.16. The van der Waals surface area contributed by atoms with Crippen LogP contribution in [0.3, 0.4) is 0 Å². The number of hydrogen-bond acceptors (Lipinski definition) is 12. The third kappa shape index (κ3) is 7.89. The standard InChI is InChI=1S/C26H33N4O12P/c1-5-16-18(9-21(39-16)30-11-14(3)24(34)28-26(30)36)42-43(37)38-12-19-17(41-22(32)7-6-15(4)31)8-20(40-19)29-10-13(2)23(33)27-25(29)35/h10-11,16-21H,5-9,12H2,1-4H3,(H-,27,28,33,34,35,36)/p+1/t16-,17?,18?,19-,20-,21-/m1/s1. The molecule has 7 atom stereocenters. The van der Waals surface area contributed by atoms with E-state index >= 15 is 0 Å². The first-order valence-corrected chi connectivity index (χ1v) is 14.9. The lowest BCUT2D eigenvalue weighted by atomic mass is 10.1. The number of rotatable bonds is 12. The topological polar surface area (TPSA) is 207 Å². The Balaban J connectivity index is 1.42. The van der Waals surface area contributed by atoms with Gasteiger partial charge in [-0.05, 0) is 27.2 Å². The Bertz CT molecular complexity index is 1610. The molecule has 2 aromatic rings. The molecule has 2 aliphatic rings. The fourth-order valence-electron chi connectivity index (χ4n) is 4.87. The van der Waals surface area contributed by atoms with E-state index in [1.54, 1.807) is 6.92 Å². The number of Topliss-reactive ketones (excluding diaryl/α,β-unsaturated/α-hetero) is 1. The minimum Gasteiger partial charge on any atom is -0.459 e. The fraction of sp³-hybridized carbons (Fsp3) is 0.615. The molecule has 0 aromatic carbocycles. The van der Waals surface area contributed by atoms with Gasteiger partial charge in [0, 0.05) is 47.3 Å². The molecule has 0 amide bonds. The molecule has 43 heavy (non-hydrogen) atoms. The van der Waals surface area contributed by atoms with Crippen LogP contribution in [-0.2, 0) is 37.4 Å². The summed E-state index contributed by atoms with van der Waals surface area (Å²) in [5.41, 5.74) is -1.85. The zero-order valence-corrected chi connectivity index (χ0v) is 25.0. The Morgan fingerprint density at radius 2 is 1.44 bits per heavy atom. The molecule has 0 spiro atoms. The maximum atomic E-state index is 12.9. The van der Waals surface area contributed by atoms with Gasteiger partial charge in [-0.3, -0.25) is 33.5 Å². The van der Waals surface area contributed by atoms with E-state index < -0.39 is 73.6 Å². The molecular weight excluding hydrogens is 591 g/mol. The molecular formula is C26H34N4O12P+. The number of esters is 1. The summed E-state index contributed by atoms with van der Waals surface area (Å²) in [4.78, 5) is 76.4. The van der Waals surface area contributed by atoms with Crippen molar-refractivity contribution in [2.75, 3.05) is 6.61 Å². The lowest BCUT2D eigenvalue weighted by Crippen LogP contribution is -2.33. The SMILES string of the molecule is CC[C@H]1O[C@@H](n2cc(C)c(=O)[nH]c2=O)CC1O[P+](=O)OC[C@H]1O[C@@H](n2cc(C)c(=O)[nH]c2=O)CC1OC(=O)CCC(C)=O. The number of aromatic amines is 2. The summed E-state index contributed by atoms with van der Waals surface area (Å²) in [6, 6.07) is 0. The van der Waals surface area contributed by atoms with Crippen LogP contribution in [0, 0.1) is 13.8 Å². The molecule has 2 N–H and O–H groups in total. The summed E-state index contributed by atoms with van der Waals surface area (Å²) in [7, 11) is -2.74. The second-order valence-corrected chi connectivity index (χ2v) is 11.4. The van der Waals surface area contributed by atoms with Crippen LogP contribution in [-0.4, -0.2) is 61.9 Å². The molecule has 0 aliphatic carbocycles. The third-order valence-electron chi connectivity index (χ3n) is 7.21. The summed E-state index contributed by atoms with van der Waals surface area (Å²) >= 11 is 0. The van der Waals surface area contributed by atoms with Crippen molar-refractivity contribution in [3.05, 3.63) is 65.2 Å². The highest BCUT2D eigenvalue weighted by molar-refractivity contribution is 7.33. The average Bonchev–Trinajstić information content (AvgIpc) is 3.53. The second kappa shape index (κ2) is 13.8. The minimum absolute atomic E-state index is 0.0108. The van der Waals surface area contributed by atoms with E-state index in [-0.39, 0.29) is 43.6 Å². The molecule has 2 aliphatic heterocycles. The number of aromatic nitrogens is 4. The predicted octanol–water partition coefficient (Wildman–Crippen LogP) is 1.03. The van der Waals surface area contributed by atoms with Gasteiger partial charge < -0.3 is 19.0 Å². The molecule has 4 rings (SSSR count). The van der Waals surface area contributed by atoms with Crippen molar-refractivity contribution in [1.29, 1.82) is 0 Å². The molecule has 0 saturated carbocycles. The fourth-order valence-corrected chi connectivity index (χ4v) is 5.64. The molecule has 2 fully saturated rings. The van der Waals surface area contributed by atoms with Gasteiger partial charge in [-0.2, -0.15) is 0 Å². The first kappa shape index (κ1) is 32.4. The first-order chi connectivity index (χ1) is 20.4. The summed E-state index contributed by atoms with van der Waals surface area (Å²) in [5, 5.41) is 0. The Morgan fingerprint density at radius 3 is 1.98 bits per heavy atom. The monoisotopic (exact) mass is 625 g/mol. The molecule has 234 valence electrons. The highest BCUT2D eigenvalue weighted by Crippen LogP contribution is 2.39. The highest BCUT2D eigenvalue weighted by atomic mass is 31.1. The van der Waals surface area contributed by atoms with Crippen LogP contribution in [0.2, 0.25) is 0 Å². The highest BCUT2D eigenvalue weighted by Gasteiger charge is 2.45. The molecule has 0 radical (unpaired) electrons. The van der Waals surface area contributed by atoms with Gasteiger partial charge in [-0.1, -0.05) is 6.92 Å². The van der Waals surface area contributed by atoms with E-state index in [1.807, 2.05) is 6.92 Å². The molecule has 2 saturated heterocycles. The normalized spacial score (nSPS) is 25.5. The summed E-state index contributed by atoms with van der Waals surface area (Å²) in [5.74, 6) is -0.848. The van der Waals surface area contributed by atoms with Crippen molar-refractivity contribution in [3.63, 3.8) is 0 Å². The van der Waals surface area contributed by atoms with Crippen LogP contribution < -0.4 is 22.5 Å². The quantitative estimate of drug-likeness (QED) is 0.250. The number of carbonyl (C=O) groups is 2. The Hall–Kier alpha value is -3.56. The minimum atomic E-state index is -2.74. The van der Waals surface area contributed by atoms with Crippen LogP contribution in [0.1, 0.15) is 69.5 Å². The number of hydrogen-bond donors (Lipinski definition) is 2. The summed E-state index contributed by atoms with van der Waals surface area (Å²) < 4.78 is 43.7. The predicted molar refractivity (Wildman–Crippen MR) is 148 cm³/mol. The summed E-state index contributed by atoms with van der Waals surface area (Å²) in [6.07, 6.45) is -1.64. The van der Waals surface area contributed by atoms with E-state index in [2.05, 4.69) is 9.97 Å². The number of nitrogens with one attached hydrogen (secondary N) is 2. The Labute approximate surface area is 245 Å². The Morgan fingerprint density at radius 1 is 0.907 bits per heavy atom. The first-order valence-electron chi connectivity index (χ1n) is 13.8. The van der Waals surface area contributed by atoms with Crippen LogP contribution in [0.5, 0.6) is 0 Å². The molecule has 17 heteroatoms. The van der Waals surface area contributed by atoms with Crippen molar-refractivity contribution >= 4 is 20.0 Å². The Kier molecular flexibility index (Phi) is 10.4. The van der Waals surface area contributed by atoms with Gasteiger partial charge >= 0.3 is 25.6 Å². The molecule has 2 aromatic heterocycles. The molecule has 0 bridgehead atoms. The third-order valence-corrected chi connectivity index (χ3v) is 8.01. The number of aryl methyl sites for hydroxylation is 2. The largest absolute Gasteiger partial charge is 0.697 e. The van der Waals surface area contributed by atoms with E-state index in [1.165, 1.54) is 30.8 Å². The van der Waals surface area contributed by atoms with Gasteiger partial charge in [-0.25, -0.2) is 9.59 Å². The van der Waals surface area contributed by atoms with Crippen LogP contribution in [0.15, 0.2) is 31.6 Å². The number of H-pyrrole nitrogens is 2. The van der Waals surface area contributed by atoms with Crippen molar-refractivity contribution in [2.45, 2.75) is 96.7 Å². The second-order valence-electron chi connectivity index (χ2n) is 10.5. The zero-order valence-electron chi connectivity index (χ0n) is 24.1. The van der Waals surface area contributed by atoms with E-state index in [9.17, 15) is 33.3 Å². The lowest BCUT2D eigenvalue weighted by molar-refractivity contribution is -0.153. The molecule has 4 heterocycles. The van der Waals surface area contributed by atoms with Gasteiger partial charge in [0.15, 0.2) is 0 Å². The number of nitrogens with zero attached hydrogens (tertiary/aromatic N) is 2. The average molecular weight is 626 g/mol. The molecule has 16 nitrogen and oxygen atoms in total. The maximum absolute atomic E-state index is 12.9. The summed E-state index contributed by atoms with van der Waals surface area (Å²) in [6.45, 7) is 5.90. The number of ether oxygens (including phenoxy) is 3. The van der Waals surface area contributed by atoms with Crippen molar-refractivity contribution in [1.82, 2.24) is 19.1 Å². The van der Waals surface area contributed by atoms with Gasteiger partial charge in [0.1, 0.15) is 43.2 Å². The zero-order chi connectivity index (χ0) is 31.4. The van der Waals surface area contributed by atoms with Gasteiger partial charge in [0.25, 0.3) is 11.1 Å². The van der Waals surface area contributed by atoms with Crippen LogP contribution >= 0.6 is 8.25 Å². The number of carbonyl (C=O) groups excluding carboxylic acids is 2. The van der Waals surface area contributed by atoms with Crippen molar-refractivity contribution < 1.29 is 37.4 Å². The van der Waals surface area contributed by atoms with Crippen LogP contribution in [0.4, 0.5) is 0 Å². The maximum Gasteiger partial charge on any atom is 0.697 e. The number of ketones is 1. The van der Waals surface area contributed by atoms with Gasteiger partial charge in [0.05, 0.1) is 12.5 Å². The smallest absolute Gasteiger partial charge is 0.459 e. The van der Waals surface area contributed by atoms with Gasteiger partial charge in [0.2, 0.25) is 0 Å². The van der Waals surface area contributed by atoms with Crippen LogP contribution in [0.25, 0.3) is 0 Å². The van der Waals surface area contributed by atoms with Gasteiger partial charge in [-0.15, -0.1) is 9.05 Å². The van der Waals surface area contributed by atoms with E-state index in [0.717, 1.165) is 4.57 Å². The van der Waals surface area contributed by atoms with Crippen molar-refractivity contribution in [3.8, 4) is 0 Å².